The van der Waals surface area contributed by atoms with Crippen molar-refractivity contribution in [1.82, 2.24) is 0 Å². The molecule has 196 valence electrons. The highest BCUT2D eigenvalue weighted by molar-refractivity contribution is 5.69. The lowest BCUT2D eigenvalue weighted by Gasteiger charge is -2.22. The highest BCUT2D eigenvalue weighted by Gasteiger charge is 2.18. The quantitative estimate of drug-likeness (QED) is 0.105. The molecule has 0 aromatic rings. The Labute approximate surface area is 206 Å². The van der Waals surface area contributed by atoms with E-state index in [1.54, 1.807) is 0 Å². The van der Waals surface area contributed by atoms with Crippen molar-refractivity contribution in [3.63, 3.8) is 0 Å². The van der Waals surface area contributed by atoms with Gasteiger partial charge < -0.3 is 9.47 Å². The average Bonchev–Trinajstić information content (AvgIpc) is 2.80. The molecule has 0 N–H and O–H groups in total. The summed E-state index contributed by atoms with van der Waals surface area (Å²) in [5, 5.41) is 0. The van der Waals surface area contributed by atoms with Crippen LogP contribution in [0.4, 0.5) is 0 Å². The molecule has 0 saturated carbocycles. The second kappa shape index (κ2) is 24.1. The maximum absolute atomic E-state index is 12.1. The van der Waals surface area contributed by atoms with Gasteiger partial charge in [0, 0.05) is 12.8 Å². The van der Waals surface area contributed by atoms with Gasteiger partial charge in [0.15, 0.2) is 0 Å². The van der Waals surface area contributed by atoms with Crippen molar-refractivity contribution in [2.45, 2.75) is 162 Å². The van der Waals surface area contributed by atoms with Gasteiger partial charge >= 0.3 is 11.9 Å². The van der Waals surface area contributed by atoms with Crippen LogP contribution in [0.25, 0.3) is 0 Å². The van der Waals surface area contributed by atoms with Gasteiger partial charge in [0.1, 0.15) is 6.10 Å². The Morgan fingerprint density at radius 3 is 1.61 bits per heavy atom. The highest BCUT2D eigenvalue weighted by atomic mass is 16.5. The van der Waals surface area contributed by atoms with Crippen molar-refractivity contribution in [3.05, 3.63) is 0 Å². The molecule has 0 amide bonds. The Morgan fingerprint density at radius 1 is 0.606 bits per heavy atom. The van der Waals surface area contributed by atoms with Crippen molar-refractivity contribution in [2.75, 3.05) is 6.61 Å². The number of ether oxygens (including phenoxy) is 2. The van der Waals surface area contributed by atoms with Gasteiger partial charge in [-0.3, -0.25) is 9.59 Å². The van der Waals surface area contributed by atoms with E-state index in [1.807, 2.05) is 0 Å². The maximum Gasteiger partial charge on any atom is 0.306 e. The molecule has 0 radical (unpaired) electrons. The van der Waals surface area contributed by atoms with Gasteiger partial charge in [-0.05, 0) is 38.0 Å². The van der Waals surface area contributed by atoms with Crippen LogP contribution in [0.15, 0.2) is 0 Å². The molecule has 33 heavy (non-hydrogen) atoms. The molecule has 0 aromatic carbocycles. The highest BCUT2D eigenvalue weighted by Crippen LogP contribution is 2.18. The molecular formula is C29H56O4. The zero-order valence-corrected chi connectivity index (χ0v) is 22.6. The first-order valence-electron chi connectivity index (χ1n) is 14.4. The molecule has 0 aromatic heterocycles. The number of unbranched alkanes of at least 4 members (excludes halogenated alkanes) is 13. The van der Waals surface area contributed by atoms with Crippen LogP contribution in [0.3, 0.4) is 0 Å². The first-order chi connectivity index (χ1) is 16.0. The van der Waals surface area contributed by atoms with Gasteiger partial charge in [-0.1, -0.05) is 111 Å². The molecule has 4 nitrogen and oxygen atoms in total. The minimum atomic E-state index is -0.0421. The van der Waals surface area contributed by atoms with Gasteiger partial charge in [-0.25, -0.2) is 0 Å². The van der Waals surface area contributed by atoms with E-state index in [0.29, 0.717) is 25.4 Å². The number of carbonyl (C=O) groups is 2. The van der Waals surface area contributed by atoms with Gasteiger partial charge in [-0.15, -0.1) is 0 Å². The van der Waals surface area contributed by atoms with Gasteiger partial charge in [0.25, 0.3) is 0 Å². The lowest BCUT2D eigenvalue weighted by molar-refractivity contribution is -0.152. The van der Waals surface area contributed by atoms with Crippen LogP contribution >= 0.6 is 0 Å². The van der Waals surface area contributed by atoms with Crippen LogP contribution in [-0.2, 0) is 19.1 Å². The minimum Gasteiger partial charge on any atom is -0.466 e. The van der Waals surface area contributed by atoms with Crippen LogP contribution in [-0.4, -0.2) is 24.6 Å². The molecule has 0 bridgehead atoms. The summed E-state index contributed by atoms with van der Waals surface area (Å²) in [6, 6.07) is 0. The smallest absolute Gasteiger partial charge is 0.306 e. The fraction of sp³-hybridized carbons (Fsp3) is 0.931. The summed E-state index contributed by atoms with van der Waals surface area (Å²) in [7, 11) is 0. The molecule has 0 rings (SSSR count). The monoisotopic (exact) mass is 468 g/mol. The summed E-state index contributed by atoms with van der Waals surface area (Å²) in [5.74, 6) is 0.361. The normalized spacial score (nSPS) is 13.0. The van der Waals surface area contributed by atoms with Gasteiger partial charge in [0.05, 0.1) is 6.61 Å². The Morgan fingerprint density at radius 2 is 1.09 bits per heavy atom. The van der Waals surface area contributed by atoms with Crippen LogP contribution in [0.2, 0.25) is 0 Å². The van der Waals surface area contributed by atoms with Crippen LogP contribution in [0, 0.1) is 5.92 Å². The molecule has 0 aliphatic heterocycles. The van der Waals surface area contributed by atoms with E-state index >= 15 is 0 Å². The van der Waals surface area contributed by atoms with Crippen molar-refractivity contribution in [3.8, 4) is 0 Å². The van der Waals surface area contributed by atoms with Crippen LogP contribution < -0.4 is 0 Å². The third-order valence-electron chi connectivity index (χ3n) is 6.59. The lowest BCUT2D eigenvalue weighted by Crippen LogP contribution is -2.24. The summed E-state index contributed by atoms with van der Waals surface area (Å²) >= 11 is 0. The van der Waals surface area contributed by atoms with Crippen molar-refractivity contribution >= 4 is 11.9 Å². The van der Waals surface area contributed by atoms with E-state index in [2.05, 4.69) is 27.7 Å². The van der Waals surface area contributed by atoms with Crippen molar-refractivity contribution in [1.29, 1.82) is 0 Å². The van der Waals surface area contributed by atoms with Gasteiger partial charge in [0.2, 0.25) is 0 Å². The number of carbonyl (C=O) groups excluding carboxylic acids is 2. The fourth-order valence-corrected chi connectivity index (χ4v) is 4.39. The number of rotatable bonds is 24. The van der Waals surface area contributed by atoms with Crippen LogP contribution in [0.5, 0.6) is 0 Å². The molecule has 0 aliphatic carbocycles. The van der Waals surface area contributed by atoms with E-state index in [9.17, 15) is 9.59 Å². The topological polar surface area (TPSA) is 52.6 Å². The Kier molecular flexibility index (Phi) is 23.3. The second-order valence-electron chi connectivity index (χ2n) is 9.87. The molecule has 4 heteroatoms. The SMILES string of the molecule is CCCCCCCCCCCOC(=O)CCCCCCCCC(=O)OC(CC)C(C)CCC. The van der Waals surface area contributed by atoms with E-state index in [-0.39, 0.29) is 18.0 Å². The first-order valence-corrected chi connectivity index (χ1v) is 14.4. The van der Waals surface area contributed by atoms with Crippen molar-refractivity contribution < 1.29 is 19.1 Å². The number of hydrogen-bond donors (Lipinski definition) is 0. The van der Waals surface area contributed by atoms with Gasteiger partial charge in [-0.2, -0.15) is 0 Å². The molecule has 0 saturated heterocycles. The Bertz CT molecular complexity index is 449. The molecule has 2 atom stereocenters. The minimum absolute atomic E-state index is 0.0416. The largest absolute Gasteiger partial charge is 0.466 e. The summed E-state index contributed by atoms with van der Waals surface area (Å²) in [6.45, 7) is 9.28. The molecule has 0 heterocycles. The molecule has 0 spiro atoms. The lowest BCUT2D eigenvalue weighted by atomic mass is 9.97. The Balaban J connectivity index is 3.45. The molecule has 0 aliphatic rings. The zero-order chi connectivity index (χ0) is 24.6. The Hall–Kier alpha value is -1.06. The summed E-state index contributed by atoms with van der Waals surface area (Å²) in [5.41, 5.74) is 0. The van der Waals surface area contributed by atoms with E-state index in [4.69, 9.17) is 9.47 Å². The zero-order valence-electron chi connectivity index (χ0n) is 22.6. The van der Waals surface area contributed by atoms with Crippen molar-refractivity contribution in [2.24, 2.45) is 5.92 Å². The standard InChI is InChI=1S/C29H56O4/c1-5-8-9-10-11-12-15-18-21-25-32-28(30)23-19-16-13-14-17-20-24-29(31)33-27(7-3)26(4)22-6-2/h26-27H,5-25H2,1-4H3. The third-order valence-corrected chi connectivity index (χ3v) is 6.59. The summed E-state index contributed by atoms with van der Waals surface area (Å²) in [6.07, 6.45) is 21.9. The summed E-state index contributed by atoms with van der Waals surface area (Å²) < 4.78 is 11.0. The summed E-state index contributed by atoms with van der Waals surface area (Å²) in [4.78, 5) is 23.9. The van der Waals surface area contributed by atoms with E-state index in [0.717, 1.165) is 64.2 Å². The second-order valence-corrected chi connectivity index (χ2v) is 9.87. The predicted octanol–water partition coefficient (Wildman–Crippen LogP) is 8.94. The third kappa shape index (κ3) is 21.2. The van der Waals surface area contributed by atoms with E-state index < -0.39 is 0 Å². The fourth-order valence-electron chi connectivity index (χ4n) is 4.39. The molecule has 0 fully saturated rings. The molecule has 2 unspecified atom stereocenters. The first kappa shape index (κ1) is 31.9. The van der Waals surface area contributed by atoms with E-state index in [1.165, 1.54) is 51.4 Å². The van der Waals surface area contributed by atoms with Crippen LogP contribution in [0.1, 0.15) is 156 Å². The number of esters is 2. The molecular weight excluding hydrogens is 412 g/mol. The average molecular weight is 469 g/mol. The predicted molar refractivity (Wildman–Crippen MR) is 139 cm³/mol. The number of hydrogen-bond acceptors (Lipinski definition) is 4. The maximum atomic E-state index is 12.1.